The highest BCUT2D eigenvalue weighted by Gasteiger charge is 2.20. The monoisotopic (exact) mass is 278 g/mol. The SMILES string of the molecule is COc1cc(C(=O)N(C)CC2CNCCO2)ccc1C. The van der Waals surface area contributed by atoms with Crippen LogP contribution < -0.4 is 10.1 Å². The van der Waals surface area contributed by atoms with E-state index in [1.165, 1.54) is 0 Å². The van der Waals surface area contributed by atoms with Crippen LogP contribution in [-0.2, 0) is 4.74 Å². The first kappa shape index (κ1) is 14.8. The zero-order chi connectivity index (χ0) is 14.5. The number of aryl methyl sites for hydroxylation is 1. The third-order valence-corrected chi connectivity index (χ3v) is 3.48. The molecule has 5 nitrogen and oxygen atoms in total. The molecular formula is C15H22N2O3. The summed E-state index contributed by atoms with van der Waals surface area (Å²) in [6.45, 7) is 4.91. The van der Waals surface area contributed by atoms with Gasteiger partial charge >= 0.3 is 0 Å². The molecule has 20 heavy (non-hydrogen) atoms. The molecule has 0 aromatic heterocycles. The molecule has 1 aliphatic rings. The Balaban J connectivity index is 2.02. The summed E-state index contributed by atoms with van der Waals surface area (Å²) < 4.78 is 10.9. The van der Waals surface area contributed by atoms with Crippen molar-refractivity contribution in [2.75, 3.05) is 40.4 Å². The largest absolute Gasteiger partial charge is 0.496 e. The fourth-order valence-corrected chi connectivity index (χ4v) is 2.30. The van der Waals surface area contributed by atoms with Crippen LogP contribution in [0, 0.1) is 6.92 Å². The fourth-order valence-electron chi connectivity index (χ4n) is 2.30. The van der Waals surface area contributed by atoms with Crippen LogP contribution in [0.4, 0.5) is 0 Å². The second-order valence-electron chi connectivity index (χ2n) is 5.07. The molecule has 110 valence electrons. The quantitative estimate of drug-likeness (QED) is 0.895. The van der Waals surface area contributed by atoms with Crippen molar-refractivity contribution in [2.45, 2.75) is 13.0 Å². The van der Waals surface area contributed by atoms with Crippen molar-refractivity contribution in [3.8, 4) is 5.75 Å². The van der Waals surface area contributed by atoms with Crippen LogP contribution in [0.5, 0.6) is 5.75 Å². The zero-order valence-electron chi connectivity index (χ0n) is 12.3. The van der Waals surface area contributed by atoms with Crippen LogP contribution in [0.25, 0.3) is 0 Å². The Morgan fingerprint density at radius 3 is 3.00 bits per heavy atom. The Bertz CT molecular complexity index is 470. The predicted octanol–water partition coefficient (Wildman–Crippen LogP) is 1.06. The van der Waals surface area contributed by atoms with E-state index >= 15 is 0 Å². The van der Waals surface area contributed by atoms with Crippen LogP contribution in [0.15, 0.2) is 18.2 Å². The number of morpholine rings is 1. The van der Waals surface area contributed by atoms with E-state index in [4.69, 9.17) is 9.47 Å². The topological polar surface area (TPSA) is 50.8 Å². The fraction of sp³-hybridized carbons (Fsp3) is 0.533. The summed E-state index contributed by atoms with van der Waals surface area (Å²) in [6.07, 6.45) is 0.0602. The molecule has 1 aromatic rings. The highest BCUT2D eigenvalue weighted by molar-refractivity contribution is 5.94. The molecule has 0 spiro atoms. The van der Waals surface area contributed by atoms with Gasteiger partial charge in [0.1, 0.15) is 5.75 Å². The molecule has 1 amide bonds. The van der Waals surface area contributed by atoms with Gasteiger partial charge in [0.05, 0.1) is 19.8 Å². The first-order valence-corrected chi connectivity index (χ1v) is 6.84. The number of hydrogen-bond donors (Lipinski definition) is 1. The van der Waals surface area contributed by atoms with E-state index in [0.29, 0.717) is 18.7 Å². The van der Waals surface area contributed by atoms with Gasteiger partial charge in [-0.15, -0.1) is 0 Å². The summed E-state index contributed by atoms with van der Waals surface area (Å²) in [4.78, 5) is 14.1. The van der Waals surface area contributed by atoms with Crippen molar-refractivity contribution in [3.63, 3.8) is 0 Å². The van der Waals surface area contributed by atoms with Gasteiger partial charge < -0.3 is 19.7 Å². The maximum atomic E-state index is 12.4. The van der Waals surface area contributed by atoms with E-state index in [2.05, 4.69) is 5.32 Å². The summed E-state index contributed by atoms with van der Waals surface area (Å²) in [5, 5.41) is 3.26. The number of rotatable bonds is 4. The van der Waals surface area contributed by atoms with Crippen molar-refractivity contribution in [1.29, 1.82) is 0 Å². The van der Waals surface area contributed by atoms with Gasteiger partial charge in [-0.3, -0.25) is 4.79 Å². The number of carbonyl (C=O) groups is 1. The average Bonchev–Trinajstić information content (AvgIpc) is 2.48. The van der Waals surface area contributed by atoms with Crippen molar-refractivity contribution in [2.24, 2.45) is 0 Å². The molecule has 1 N–H and O–H groups in total. The Morgan fingerprint density at radius 1 is 1.55 bits per heavy atom. The normalized spacial score (nSPS) is 18.6. The van der Waals surface area contributed by atoms with E-state index in [1.54, 1.807) is 25.1 Å². The van der Waals surface area contributed by atoms with Gasteiger partial charge in [-0.1, -0.05) is 6.07 Å². The molecule has 2 rings (SSSR count). The lowest BCUT2D eigenvalue weighted by molar-refractivity contribution is 0.0104. The lowest BCUT2D eigenvalue weighted by atomic mass is 10.1. The first-order chi connectivity index (χ1) is 9.61. The zero-order valence-corrected chi connectivity index (χ0v) is 12.3. The molecule has 1 aromatic carbocycles. The molecule has 1 fully saturated rings. The maximum Gasteiger partial charge on any atom is 0.253 e. The number of amides is 1. The standard InChI is InChI=1S/C15H22N2O3/c1-11-4-5-12(8-14(11)19-3)15(18)17(2)10-13-9-16-6-7-20-13/h4-5,8,13,16H,6-7,9-10H2,1-3H3. The number of likely N-dealkylation sites (N-methyl/N-ethyl adjacent to an activating group) is 1. The van der Waals surface area contributed by atoms with Crippen LogP contribution in [0.1, 0.15) is 15.9 Å². The minimum absolute atomic E-state index is 0.0162. The second kappa shape index (κ2) is 6.72. The molecule has 0 aliphatic carbocycles. The number of ether oxygens (including phenoxy) is 2. The second-order valence-corrected chi connectivity index (χ2v) is 5.07. The van der Waals surface area contributed by atoms with Crippen molar-refractivity contribution >= 4 is 5.91 Å². The highest BCUT2D eigenvalue weighted by atomic mass is 16.5. The van der Waals surface area contributed by atoms with Gasteiger partial charge in [-0.2, -0.15) is 0 Å². The third-order valence-electron chi connectivity index (χ3n) is 3.48. The third kappa shape index (κ3) is 3.49. The molecule has 0 radical (unpaired) electrons. The molecule has 1 unspecified atom stereocenters. The predicted molar refractivity (Wildman–Crippen MR) is 77.3 cm³/mol. The van der Waals surface area contributed by atoms with Gasteiger partial charge in [-0.25, -0.2) is 0 Å². The number of carbonyl (C=O) groups excluding carboxylic acids is 1. The summed E-state index contributed by atoms with van der Waals surface area (Å²) in [5.74, 6) is 0.720. The molecule has 1 atom stereocenters. The number of benzene rings is 1. The maximum absolute atomic E-state index is 12.4. The molecule has 1 saturated heterocycles. The minimum atomic E-state index is -0.0162. The van der Waals surface area contributed by atoms with Gasteiger partial charge in [0, 0.05) is 32.2 Å². The molecule has 1 heterocycles. The summed E-state index contributed by atoms with van der Waals surface area (Å²) in [6, 6.07) is 5.52. The van der Waals surface area contributed by atoms with Crippen LogP contribution >= 0.6 is 0 Å². The Hall–Kier alpha value is -1.59. The molecule has 0 saturated carbocycles. The van der Waals surface area contributed by atoms with E-state index in [-0.39, 0.29) is 12.0 Å². The average molecular weight is 278 g/mol. The minimum Gasteiger partial charge on any atom is -0.496 e. The smallest absolute Gasteiger partial charge is 0.253 e. The lowest BCUT2D eigenvalue weighted by Crippen LogP contribution is -2.45. The van der Waals surface area contributed by atoms with Crippen molar-refractivity contribution in [3.05, 3.63) is 29.3 Å². The van der Waals surface area contributed by atoms with Crippen LogP contribution in [0.3, 0.4) is 0 Å². The van der Waals surface area contributed by atoms with E-state index < -0.39 is 0 Å². The molecule has 5 heteroatoms. The van der Waals surface area contributed by atoms with Crippen molar-refractivity contribution in [1.82, 2.24) is 10.2 Å². The van der Waals surface area contributed by atoms with Gasteiger partial charge in [0.2, 0.25) is 0 Å². The molecular weight excluding hydrogens is 256 g/mol. The summed E-state index contributed by atoms with van der Waals surface area (Å²) in [7, 11) is 3.41. The number of nitrogens with one attached hydrogen (secondary N) is 1. The van der Waals surface area contributed by atoms with Crippen LogP contribution in [-0.4, -0.2) is 57.3 Å². The van der Waals surface area contributed by atoms with Crippen molar-refractivity contribution < 1.29 is 14.3 Å². The van der Waals surface area contributed by atoms with Crippen LogP contribution in [0.2, 0.25) is 0 Å². The lowest BCUT2D eigenvalue weighted by Gasteiger charge is -2.28. The van der Waals surface area contributed by atoms with Gasteiger partial charge in [0.15, 0.2) is 0 Å². The summed E-state index contributed by atoms with van der Waals surface area (Å²) >= 11 is 0. The Kier molecular flexibility index (Phi) is 4.98. The van der Waals surface area contributed by atoms with Gasteiger partial charge in [-0.05, 0) is 24.6 Å². The Morgan fingerprint density at radius 2 is 2.35 bits per heavy atom. The Labute approximate surface area is 119 Å². The van der Waals surface area contributed by atoms with E-state index in [1.807, 2.05) is 19.1 Å². The number of hydrogen-bond acceptors (Lipinski definition) is 4. The van der Waals surface area contributed by atoms with E-state index in [0.717, 1.165) is 24.4 Å². The van der Waals surface area contributed by atoms with Gasteiger partial charge in [0.25, 0.3) is 5.91 Å². The first-order valence-electron chi connectivity index (χ1n) is 6.84. The highest BCUT2D eigenvalue weighted by Crippen LogP contribution is 2.20. The summed E-state index contributed by atoms with van der Waals surface area (Å²) in [5.41, 5.74) is 1.66. The number of methoxy groups -OCH3 is 1. The molecule has 0 bridgehead atoms. The van der Waals surface area contributed by atoms with E-state index in [9.17, 15) is 4.79 Å². The molecule has 1 aliphatic heterocycles. The number of nitrogens with zero attached hydrogens (tertiary/aromatic N) is 1.